The Bertz CT molecular complexity index is 1130. The topological polar surface area (TPSA) is 177 Å². The number of carbonyl (C=O) groups excluding carboxylic acids is 1. The van der Waals surface area contributed by atoms with E-state index in [1.807, 2.05) is 0 Å². The Morgan fingerprint density at radius 2 is 1.59 bits per heavy atom. The lowest BCUT2D eigenvalue weighted by Crippen LogP contribution is -2.34. The molecule has 32 heavy (non-hydrogen) atoms. The molecule has 0 saturated carbocycles. The Morgan fingerprint density at radius 1 is 0.906 bits per heavy atom. The van der Waals surface area contributed by atoms with Gasteiger partial charge in [0, 0.05) is 24.0 Å². The number of carbonyl (C=O) groups is 1. The average molecular weight is 444 g/mol. The maximum Gasteiger partial charge on any atom is 0.338 e. The molecule has 2 aromatic rings. The number of hydrogen-bond acceptors (Lipinski definition) is 10. The van der Waals surface area contributed by atoms with Crippen LogP contribution >= 0.6 is 0 Å². The van der Waals surface area contributed by atoms with Gasteiger partial charge in [-0.05, 0) is 30.3 Å². The number of hydrogen-bond donors (Lipinski definition) is 7. The zero-order valence-corrected chi connectivity index (χ0v) is 16.5. The molecule has 2 aromatic carbocycles. The van der Waals surface area contributed by atoms with Crippen LogP contribution in [0.25, 0.3) is 0 Å². The summed E-state index contributed by atoms with van der Waals surface area (Å²) in [6.45, 7) is 0. The molecule has 10 heteroatoms. The molecule has 1 aliphatic carbocycles. The highest BCUT2D eigenvalue weighted by molar-refractivity contribution is 5.91. The number of allylic oxidation sites excluding steroid dienone is 1. The van der Waals surface area contributed by atoms with Gasteiger partial charge in [0.05, 0.1) is 11.7 Å². The van der Waals surface area contributed by atoms with Crippen molar-refractivity contribution in [1.82, 2.24) is 0 Å². The second kappa shape index (κ2) is 7.89. The van der Waals surface area contributed by atoms with Gasteiger partial charge in [0.2, 0.25) is 0 Å². The van der Waals surface area contributed by atoms with Crippen molar-refractivity contribution < 1.29 is 50.0 Å². The van der Waals surface area contributed by atoms with E-state index in [2.05, 4.69) is 0 Å². The molecule has 10 nitrogen and oxygen atoms in total. The SMILES string of the molecule is O=C(O[C@@H]1CC2=C(O)CC(O)C=C2O[C@@H]1c1ccc(O)c(O)c1)c1cc(O)c(O)c(O)c1. The molecule has 1 saturated heterocycles. The van der Waals surface area contributed by atoms with Gasteiger partial charge in [-0.2, -0.15) is 0 Å². The number of phenolic OH excluding ortho intramolecular Hbond substituents is 5. The molecule has 4 rings (SSSR count). The molecule has 168 valence electrons. The minimum absolute atomic E-state index is 0.00151. The van der Waals surface area contributed by atoms with E-state index in [0.29, 0.717) is 11.1 Å². The van der Waals surface area contributed by atoms with Crippen LogP contribution in [0.2, 0.25) is 0 Å². The van der Waals surface area contributed by atoms with Crippen molar-refractivity contribution in [1.29, 1.82) is 0 Å². The largest absolute Gasteiger partial charge is 0.512 e. The average Bonchev–Trinajstić information content (AvgIpc) is 2.73. The van der Waals surface area contributed by atoms with Gasteiger partial charge >= 0.3 is 5.97 Å². The van der Waals surface area contributed by atoms with Crippen molar-refractivity contribution in [3.05, 3.63) is 64.6 Å². The van der Waals surface area contributed by atoms with Crippen LogP contribution in [0, 0.1) is 0 Å². The van der Waals surface area contributed by atoms with Gasteiger partial charge in [-0.1, -0.05) is 6.07 Å². The van der Waals surface area contributed by atoms with Crippen LogP contribution in [0.5, 0.6) is 28.7 Å². The fraction of sp³-hybridized carbons (Fsp3) is 0.227. The van der Waals surface area contributed by atoms with E-state index in [1.54, 1.807) is 0 Å². The Kier molecular flexibility index (Phi) is 5.23. The monoisotopic (exact) mass is 444 g/mol. The molecule has 1 heterocycles. The summed E-state index contributed by atoms with van der Waals surface area (Å²) < 4.78 is 11.4. The second-order valence-electron chi connectivity index (χ2n) is 7.53. The molecule has 0 amide bonds. The van der Waals surface area contributed by atoms with E-state index in [0.717, 1.165) is 12.1 Å². The molecule has 1 unspecified atom stereocenters. The predicted molar refractivity (Wildman–Crippen MR) is 107 cm³/mol. The van der Waals surface area contributed by atoms with E-state index in [-0.39, 0.29) is 35.7 Å². The van der Waals surface area contributed by atoms with E-state index < -0.39 is 47.3 Å². The second-order valence-corrected chi connectivity index (χ2v) is 7.53. The summed E-state index contributed by atoms with van der Waals surface area (Å²) >= 11 is 0. The Morgan fingerprint density at radius 3 is 2.25 bits per heavy atom. The summed E-state index contributed by atoms with van der Waals surface area (Å²) in [4.78, 5) is 12.7. The zero-order chi connectivity index (χ0) is 23.2. The molecule has 0 aromatic heterocycles. The van der Waals surface area contributed by atoms with Crippen LogP contribution in [0.1, 0.15) is 34.9 Å². The maximum atomic E-state index is 12.7. The number of phenols is 5. The van der Waals surface area contributed by atoms with E-state index in [4.69, 9.17) is 9.47 Å². The number of ether oxygens (including phenoxy) is 2. The molecular formula is C22H20O10. The number of rotatable bonds is 3. The summed E-state index contributed by atoms with van der Waals surface area (Å²) in [7, 11) is 0. The summed E-state index contributed by atoms with van der Waals surface area (Å²) in [6.07, 6.45) is -1.61. The normalized spacial score (nSPS) is 22.5. The molecule has 1 fully saturated rings. The van der Waals surface area contributed by atoms with E-state index in [1.165, 1.54) is 24.3 Å². The summed E-state index contributed by atoms with van der Waals surface area (Å²) in [6, 6.07) is 5.75. The van der Waals surface area contributed by atoms with Crippen LogP contribution in [0.15, 0.2) is 53.5 Å². The standard InChI is InChI=1S/C22H20O10/c23-11-6-14(25)12-8-19(32-22(30)10-4-16(27)20(29)17(28)5-10)21(31-18(12)7-11)9-1-2-13(24)15(26)3-9/h1-5,7,11,19,21,23-29H,6,8H2/t11?,19-,21-/m1/s1. The minimum Gasteiger partial charge on any atom is -0.512 e. The lowest BCUT2D eigenvalue weighted by molar-refractivity contribution is -0.0473. The van der Waals surface area contributed by atoms with Crippen LogP contribution in [0.4, 0.5) is 0 Å². The quantitative estimate of drug-likeness (QED) is 0.275. The van der Waals surface area contributed by atoms with Crippen molar-refractivity contribution in [2.24, 2.45) is 0 Å². The number of aliphatic hydroxyl groups excluding tert-OH is 2. The first-order chi connectivity index (χ1) is 15.1. The van der Waals surface area contributed by atoms with Crippen molar-refractivity contribution in [3.8, 4) is 28.7 Å². The molecule has 7 N–H and O–H groups in total. The molecule has 1 aliphatic heterocycles. The van der Waals surface area contributed by atoms with Gasteiger partial charge in [-0.3, -0.25) is 0 Å². The third kappa shape index (κ3) is 3.83. The number of benzene rings is 2. The Balaban J connectivity index is 1.69. The lowest BCUT2D eigenvalue weighted by atomic mass is 9.89. The fourth-order valence-electron chi connectivity index (χ4n) is 3.68. The highest BCUT2D eigenvalue weighted by Gasteiger charge is 2.39. The summed E-state index contributed by atoms with van der Waals surface area (Å²) in [5, 5.41) is 68.5. The molecule has 3 atom stereocenters. The number of aromatic hydroxyl groups is 5. The lowest BCUT2D eigenvalue weighted by Gasteiger charge is -2.37. The van der Waals surface area contributed by atoms with Gasteiger partial charge in [0.1, 0.15) is 17.6 Å². The van der Waals surface area contributed by atoms with Gasteiger partial charge in [-0.15, -0.1) is 0 Å². The zero-order valence-electron chi connectivity index (χ0n) is 16.5. The van der Waals surface area contributed by atoms with Crippen molar-refractivity contribution in [2.45, 2.75) is 31.2 Å². The predicted octanol–water partition coefficient (Wildman–Crippen LogP) is 2.36. The highest BCUT2D eigenvalue weighted by atomic mass is 16.6. The molecule has 2 aliphatic rings. The first-order valence-corrected chi connectivity index (χ1v) is 9.59. The first kappa shape index (κ1) is 21.2. The maximum absolute atomic E-state index is 12.7. The molecule has 0 bridgehead atoms. The number of aliphatic hydroxyl groups is 2. The van der Waals surface area contributed by atoms with Crippen LogP contribution in [-0.2, 0) is 9.47 Å². The highest BCUT2D eigenvalue weighted by Crippen LogP contribution is 2.44. The van der Waals surface area contributed by atoms with Crippen LogP contribution in [0.3, 0.4) is 0 Å². The fourth-order valence-corrected chi connectivity index (χ4v) is 3.68. The minimum atomic E-state index is -1.03. The third-order valence-electron chi connectivity index (χ3n) is 5.28. The van der Waals surface area contributed by atoms with E-state index >= 15 is 0 Å². The van der Waals surface area contributed by atoms with Crippen molar-refractivity contribution >= 4 is 5.97 Å². The molecule has 0 radical (unpaired) electrons. The smallest absolute Gasteiger partial charge is 0.338 e. The molecular weight excluding hydrogens is 424 g/mol. The number of fused-ring (bicyclic) bond motifs is 1. The van der Waals surface area contributed by atoms with Gasteiger partial charge in [0.25, 0.3) is 0 Å². The first-order valence-electron chi connectivity index (χ1n) is 9.59. The third-order valence-corrected chi connectivity index (χ3v) is 5.28. The molecule has 0 spiro atoms. The van der Waals surface area contributed by atoms with Crippen molar-refractivity contribution in [2.75, 3.05) is 0 Å². The Labute approximate surface area is 181 Å². The van der Waals surface area contributed by atoms with Crippen molar-refractivity contribution in [3.63, 3.8) is 0 Å². The Hall–Kier alpha value is -4.05. The summed E-state index contributed by atoms with van der Waals surface area (Å²) in [5.74, 6) is -3.89. The number of esters is 1. The van der Waals surface area contributed by atoms with Crippen LogP contribution in [-0.4, -0.2) is 53.9 Å². The summed E-state index contributed by atoms with van der Waals surface area (Å²) in [5.41, 5.74) is 0.432. The van der Waals surface area contributed by atoms with E-state index in [9.17, 15) is 40.5 Å². The van der Waals surface area contributed by atoms with Crippen LogP contribution < -0.4 is 0 Å². The van der Waals surface area contributed by atoms with Gasteiger partial charge < -0.3 is 45.2 Å². The van der Waals surface area contributed by atoms with Gasteiger partial charge in [0.15, 0.2) is 34.9 Å². The van der Waals surface area contributed by atoms with Gasteiger partial charge in [-0.25, -0.2) is 4.79 Å².